The van der Waals surface area contributed by atoms with Gasteiger partial charge in [-0.1, -0.05) is 12.5 Å². The number of fused-ring (bicyclic) bond motifs is 1. The fourth-order valence-corrected chi connectivity index (χ4v) is 4.87. The van der Waals surface area contributed by atoms with E-state index in [1.165, 1.54) is 11.3 Å². The Balaban J connectivity index is 1.53. The van der Waals surface area contributed by atoms with Gasteiger partial charge in [0.15, 0.2) is 0 Å². The Kier molecular flexibility index (Phi) is 4.11. The van der Waals surface area contributed by atoms with Crippen LogP contribution in [0.1, 0.15) is 30.7 Å². The quantitative estimate of drug-likeness (QED) is 0.906. The molecule has 2 aromatic heterocycles. The van der Waals surface area contributed by atoms with Gasteiger partial charge in [0.2, 0.25) is 11.8 Å². The SMILES string of the molecule is Cc1oc(-c2cccs2)nc1CC(=O)N1CC2CCCC2C1C(=O)O. The van der Waals surface area contributed by atoms with Crippen LogP contribution < -0.4 is 0 Å². The van der Waals surface area contributed by atoms with Crippen LogP contribution in [0, 0.1) is 18.8 Å². The van der Waals surface area contributed by atoms with Gasteiger partial charge in [-0.3, -0.25) is 4.79 Å². The predicted molar refractivity (Wildman–Crippen MR) is 92.2 cm³/mol. The van der Waals surface area contributed by atoms with Crippen molar-refractivity contribution in [3.63, 3.8) is 0 Å². The second-order valence-electron chi connectivity index (χ2n) is 6.86. The maximum Gasteiger partial charge on any atom is 0.326 e. The van der Waals surface area contributed by atoms with E-state index in [1.54, 1.807) is 11.8 Å². The van der Waals surface area contributed by atoms with Gasteiger partial charge >= 0.3 is 5.97 Å². The number of thiophene rings is 1. The number of hydrogen-bond acceptors (Lipinski definition) is 5. The first-order valence-corrected chi connectivity index (χ1v) is 9.45. The molecule has 2 aliphatic rings. The number of nitrogens with zero attached hydrogens (tertiary/aromatic N) is 2. The van der Waals surface area contributed by atoms with Crippen molar-refractivity contribution in [2.24, 2.45) is 11.8 Å². The number of amides is 1. The zero-order valence-electron chi connectivity index (χ0n) is 14.0. The molecular weight excluding hydrogens is 340 g/mol. The summed E-state index contributed by atoms with van der Waals surface area (Å²) in [6.07, 6.45) is 3.07. The van der Waals surface area contributed by atoms with Crippen molar-refractivity contribution in [2.75, 3.05) is 6.54 Å². The summed E-state index contributed by atoms with van der Waals surface area (Å²) in [5.74, 6) is 0.493. The smallest absolute Gasteiger partial charge is 0.326 e. The lowest BCUT2D eigenvalue weighted by atomic mass is 9.94. The number of carbonyl (C=O) groups is 2. The molecule has 1 aliphatic carbocycles. The van der Waals surface area contributed by atoms with Crippen molar-refractivity contribution >= 4 is 23.2 Å². The van der Waals surface area contributed by atoms with E-state index in [1.807, 2.05) is 17.5 Å². The van der Waals surface area contributed by atoms with Crippen molar-refractivity contribution in [2.45, 2.75) is 38.6 Å². The monoisotopic (exact) mass is 360 g/mol. The Morgan fingerprint density at radius 2 is 2.28 bits per heavy atom. The van der Waals surface area contributed by atoms with Gasteiger partial charge in [-0.2, -0.15) is 0 Å². The van der Waals surface area contributed by atoms with E-state index in [0.717, 1.165) is 24.1 Å². The van der Waals surface area contributed by atoms with E-state index >= 15 is 0 Å². The molecule has 2 aromatic rings. The third-order valence-corrected chi connectivity index (χ3v) is 6.26. The maximum absolute atomic E-state index is 12.8. The number of rotatable bonds is 4. The van der Waals surface area contributed by atoms with Crippen LogP contribution in [0.4, 0.5) is 0 Å². The highest BCUT2D eigenvalue weighted by Crippen LogP contribution is 2.42. The Morgan fingerprint density at radius 1 is 1.44 bits per heavy atom. The molecule has 1 amide bonds. The van der Waals surface area contributed by atoms with Crippen LogP contribution in [0.2, 0.25) is 0 Å². The fraction of sp³-hybridized carbons (Fsp3) is 0.500. The minimum atomic E-state index is -0.890. The summed E-state index contributed by atoms with van der Waals surface area (Å²) in [6, 6.07) is 3.15. The topological polar surface area (TPSA) is 83.6 Å². The summed E-state index contributed by atoms with van der Waals surface area (Å²) >= 11 is 1.53. The molecule has 3 atom stereocenters. The Morgan fingerprint density at radius 3 is 3.00 bits per heavy atom. The number of carboxylic acids is 1. The van der Waals surface area contributed by atoms with Crippen molar-refractivity contribution in [1.29, 1.82) is 0 Å². The lowest BCUT2D eigenvalue weighted by Crippen LogP contribution is -2.44. The van der Waals surface area contributed by atoms with Crippen molar-refractivity contribution < 1.29 is 19.1 Å². The lowest BCUT2D eigenvalue weighted by Gasteiger charge is -2.24. The molecule has 1 saturated carbocycles. The molecule has 4 rings (SSSR count). The molecule has 3 heterocycles. The Labute approximate surface area is 149 Å². The van der Waals surface area contributed by atoms with E-state index in [4.69, 9.17) is 4.42 Å². The molecule has 25 heavy (non-hydrogen) atoms. The van der Waals surface area contributed by atoms with Crippen LogP contribution in [0.5, 0.6) is 0 Å². The summed E-state index contributed by atoms with van der Waals surface area (Å²) in [4.78, 5) is 31.4. The highest BCUT2D eigenvalue weighted by Gasteiger charge is 2.49. The molecule has 0 bridgehead atoms. The first-order valence-electron chi connectivity index (χ1n) is 8.57. The number of hydrogen-bond donors (Lipinski definition) is 1. The number of aliphatic carboxylic acids is 1. The molecule has 1 aliphatic heterocycles. The molecule has 132 valence electrons. The average molecular weight is 360 g/mol. The van der Waals surface area contributed by atoms with Gasteiger partial charge in [0.25, 0.3) is 0 Å². The number of aryl methyl sites for hydroxylation is 1. The van der Waals surface area contributed by atoms with Gasteiger partial charge in [0.05, 0.1) is 17.0 Å². The zero-order valence-corrected chi connectivity index (χ0v) is 14.8. The summed E-state index contributed by atoms with van der Waals surface area (Å²) in [7, 11) is 0. The van der Waals surface area contributed by atoms with Gasteiger partial charge in [0.1, 0.15) is 11.8 Å². The second kappa shape index (κ2) is 6.29. The van der Waals surface area contributed by atoms with Crippen molar-refractivity contribution in [3.8, 4) is 10.8 Å². The number of aromatic nitrogens is 1. The second-order valence-corrected chi connectivity index (χ2v) is 7.81. The minimum Gasteiger partial charge on any atom is -0.480 e. The molecule has 1 N–H and O–H groups in total. The molecule has 1 saturated heterocycles. The Hall–Kier alpha value is -2.15. The maximum atomic E-state index is 12.8. The van der Waals surface area contributed by atoms with Gasteiger partial charge < -0.3 is 14.4 Å². The van der Waals surface area contributed by atoms with Gasteiger partial charge in [0, 0.05) is 6.54 Å². The summed E-state index contributed by atoms with van der Waals surface area (Å²) in [5, 5.41) is 11.5. The van der Waals surface area contributed by atoms with Crippen LogP contribution >= 0.6 is 11.3 Å². The lowest BCUT2D eigenvalue weighted by molar-refractivity contribution is -0.149. The van der Waals surface area contributed by atoms with Gasteiger partial charge in [-0.25, -0.2) is 9.78 Å². The average Bonchev–Trinajstić information content (AvgIpc) is 3.30. The van der Waals surface area contributed by atoms with E-state index in [0.29, 0.717) is 29.8 Å². The molecule has 6 nitrogen and oxygen atoms in total. The van der Waals surface area contributed by atoms with Crippen LogP contribution in [0.25, 0.3) is 10.8 Å². The van der Waals surface area contributed by atoms with Crippen LogP contribution in [-0.2, 0) is 16.0 Å². The van der Waals surface area contributed by atoms with Gasteiger partial charge in [-0.15, -0.1) is 11.3 Å². The van der Waals surface area contributed by atoms with E-state index < -0.39 is 12.0 Å². The molecule has 2 fully saturated rings. The minimum absolute atomic E-state index is 0.0872. The van der Waals surface area contributed by atoms with E-state index in [9.17, 15) is 14.7 Å². The number of carbonyl (C=O) groups excluding carboxylic acids is 1. The summed E-state index contributed by atoms with van der Waals surface area (Å²) < 4.78 is 5.68. The standard InChI is InChI=1S/C18H20N2O4S/c1-10-13(19-17(24-10)14-6-3-7-25-14)8-15(21)20-9-11-4-2-5-12(11)16(20)18(22)23/h3,6-7,11-12,16H,2,4-5,8-9H2,1H3,(H,22,23). The molecular formula is C18H20N2O4S. The molecule has 3 unspecified atom stereocenters. The first-order chi connectivity index (χ1) is 12.0. The fourth-order valence-electron chi connectivity index (χ4n) is 4.22. The van der Waals surface area contributed by atoms with Crippen molar-refractivity contribution in [1.82, 2.24) is 9.88 Å². The molecule has 0 spiro atoms. The highest BCUT2D eigenvalue weighted by atomic mass is 32.1. The van der Waals surface area contributed by atoms with E-state index in [2.05, 4.69) is 4.98 Å². The summed E-state index contributed by atoms with van der Waals surface area (Å²) in [6.45, 7) is 2.34. The molecule has 0 aromatic carbocycles. The predicted octanol–water partition coefficient (Wildman–Crippen LogP) is 2.97. The molecule has 0 radical (unpaired) electrons. The van der Waals surface area contributed by atoms with Crippen LogP contribution in [0.3, 0.4) is 0 Å². The first kappa shape index (κ1) is 16.3. The van der Waals surface area contributed by atoms with Gasteiger partial charge in [-0.05, 0) is 43.0 Å². The number of oxazole rings is 1. The van der Waals surface area contributed by atoms with Crippen LogP contribution in [0.15, 0.2) is 21.9 Å². The normalized spacial score (nSPS) is 25.3. The largest absolute Gasteiger partial charge is 0.480 e. The number of likely N-dealkylation sites (tertiary alicyclic amines) is 1. The van der Waals surface area contributed by atoms with Crippen LogP contribution in [-0.4, -0.2) is 39.5 Å². The number of carboxylic acid groups (broad SMARTS) is 1. The third-order valence-electron chi connectivity index (χ3n) is 5.41. The Bertz CT molecular complexity index is 798. The summed E-state index contributed by atoms with van der Waals surface area (Å²) in [5.41, 5.74) is 0.592. The third kappa shape index (κ3) is 2.86. The van der Waals surface area contributed by atoms with E-state index in [-0.39, 0.29) is 18.2 Å². The zero-order chi connectivity index (χ0) is 17.6. The van der Waals surface area contributed by atoms with Crippen molar-refractivity contribution in [3.05, 3.63) is 29.0 Å². The highest BCUT2D eigenvalue weighted by molar-refractivity contribution is 7.13. The molecule has 7 heteroatoms.